The largest absolute Gasteiger partial charge is 0.484 e. The molecule has 0 saturated heterocycles. The third kappa shape index (κ3) is 4.85. The third-order valence-corrected chi connectivity index (χ3v) is 3.31. The van der Waals surface area contributed by atoms with E-state index in [4.69, 9.17) is 9.84 Å². The average Bonchev–Trinajstić information content (AvgIpc) is 2.53. The molecule has 0 unspecified atom stereocenters. The van der Waals surface area contributed by atoms with E-state index in [9.17, 15) is 9.59 Å². The van der Waals surface area contributed by atoms with Crippen molar-refractivity contribution in [3.05, 3.63) is 59.7 Å². The predicted octanol–water partition coefficient (Wildman–Crippen LogP) is 3.53. The maximum absolute atomic E-state index is 11.9. The highest BCUT2D eigenvalue weighted by Crippen LogP contribution is 2.18. The summed E-state index contributed by atoms with van der Waals surface area (Å²) in [6.07, 6.45) is 0. The van der Waals surface area contributed by atoms with Crippen LogP contribution < -0.4 is 10.1 Å². The van der Waals surface area contributed by atoms with Gasteiger partial charge in [-0.1, -0.05) is 32.0 Å². The van der Waals surface area contributed by atoms with E-state index in [2.05, 4.69) is 19.2 Å². The predicted molar refractivity (Wildman–Crippen MR) is 88.1 cm³/mol. The van der Waals surface area contributed by atoms with Crippen LogP contribution in [0, 0.1) is 0 Å². The second kappa shape index (κ2) is 7.45. The van der Waals surface area contributed by atoms with Gasteiger partial charge in [-0.2, -0.15) is 0 Å². The zero-order chi connectivity index (χ0) is 16.8. The van der Waals surface area contributed by atoms with Crippen LogP contribution >= 0.6 is 0 Å². The van der Waals surface area contributed by atoms with Crippen molar-refractivity contribution < 1.29 is 19.4 Å². The quantitative estimate of drug-likeness (QED) is 0.855. The van der Waals surface area contributed by atoms with Crippen LogP contribution in [-0.4, -0.2) is 23.6 Å². The van der Waals surface area contributed by atoms with Gasteiger partial charge in [-0.05, 0) is 41.8 Å². The molecule has 0 aliphatic carbocycles. The summed E-state index contributed by atoms with van der Waals surface area (Å²) >= 11 is 0. The Kier molecular flexibility index (Phi) is 5.36. The Balaban J connectivity index is 1.90. The van der Waals surface area contributed by atoms with Crippen molar-refractivity contribution in [2.45, 2.75) is 19.8 Å². The number of amides is 1. The molecule has 23 heavy (non-hydrogen) atoms. The van der Waals surface area contributed by atoms with Crippen LogP contribution in [0.1, 0.15) is 35.7 Å². The summed E-state index contributed by atoms with van der Waals surface area (Å²) < 4.78 is 5.42. The van der Waals surface area contributed by atoms with E-state index in [1.54, 1.807) is 12.1 Å². The first-order valence-electron chi connectivity index (χ1n) is 7.31. The van der Waals surface area contributed by atoms with Crippen molar-refractivity contribution in [1.82, 2.24) is 0 Å². The number of rotatable bonds is 6. The molecule has 0 heterocycles. The van der Waals surface area contributed by atoms with Crippen LogP contribution in [0.15, 0.2) is 48.5 Å². The molecule has 120 valence electrons. The number of carboxylic acids is 1. The summed E-state index contributed by atoms with van der Waals surface area (Å²) in [6.45, 7) is 4.07. The van der Waals surface area contributed by atoms with E-state index < -0.39 is 5.97 Å². The maximum Gasteiger partial charge on any atom is 0.335 e. The molecule has 0 radical (unpaired) electrons. The molecule has 0 aromatic heterocycles. The zero-order valence-corrected chi connectivity index (χ0v) is 13.1. The van der Waals surface area contributed by atoms with Crippen LogP contribution in [0.2, 0.25) is 0 Å². The van der Waals surface area contributed by atoms with Gasteiger partial charge in [0, 0.05) is 5.69 Å². The molecule has 5 nitrogen and oxygen atoms in total. The lowest BCUT2D eigenvalue weighted by Gasteiger charge is -2.09. The molecule has 0 spiro atoms. The van der Waals surface area contributed by atoms with E-state index in [0.717, 1.165) is 0 Å². The highest BCUT2D eigenvalue weighted by Gasteiger charge is 2.07. The van der Waals surface area contributed by atoms with E-state index in [1.807, 2.05) is 24.3 Å². The van der Waals surface area contributed by atoms with Crippen LogP contribution in [0.25, 0.3) is 0 Å². The fourth-order valence-electron chi connectivity index (χ4n) is 2.02. The lowest BCUT2D eigenvalue weighted by atomic mass is 10.0. The number of anilines is 1. The highest BCUT2D eigenvalue weighted by atomic mass is 16.5. The molecule has 2 N–H and O–H groups in total. The van der Waals surface area contributed by atoms with Crippen molar-refractivity contribution in [1.29, 1.82) is 0 Å². The highest BCUT2D eigenvalue weighted by molar-refractivity contribution is 5.94. The van der Waals surface area contributed by atoms with Gasteiger partial charge in [-0.25, -0.2) is 4.79 Å². The molecule has 2 aromatic carbocycles. The normalized spacial score (nSPS) is 10.4. The Labute approximate surface area is 134 Å². The summed E-state index contributed by atoms with van der Waals surface area (Å²) in [7, 11) is 0. The average molecular weight is 313 g/mol. The number of carbonyl (C=O) groups is 2. The van der Waals surface area contributed by atoms with Gasteiger partial charge in [0.05, 0.1) is 5.56 Å². The van der Waals surface area contributed by atoms with Gasteiger partial charge < -0.3 is 15.2 Å². The molecule has 0 aliphatic rings. The summed E-state index contributed by atoms with van der Waals surface area (Å²) in [4.78, 5) is 22.7. The molecular formula is C18H19NO4. The smallest absolute Gasteiger partial charge is 0.335 e. The standard InChI is InChI=1S/C18H19NO4/c1-12(2)13-6-8-16(9-7-13)23-11-17(20)19-15-5-3-4-14(10-15)18(21)22/h3-10,12H,11H2,1-2H3,(H,19,20)(H,21,22). The van der Waals surface area contributed by atoms with Gasteiger partial charge in [0.2, 0.25) is 0 Å². The molecule has 2 aromatic rings. The fraction of sp³-hybridized carbons (Fsp3) is 0.222. The summed E-state index contributed by atoms with van der Waals surface area (Å²) in [5, 5.41) is 11.5. The van der Waals surface area contributed by atoms with Crippen LogP contribution in [0.5, 0.6) is 5.75 Å². The van der Waals surface area contributed by atoms with Crippen LogP contribution in [0.3, 0.4) is 0 Å². The second-order valence-electron chi connectivity index (χ2n) is 5.45. The van der Waals surface area contributed by atoms with Crippen molar-refractivity contribution in [3.8, 4) is 5.75 Å². The number of hydrogen-bond acceptors (Lipinski definition) is 3. The third-order valence-electron chi connectivity index (χ3n) is 3.31. The van der Waals surface area contributed by atoms with Crippen molar-refractivity contribution in [2.24, 2.45) is 0 Å². The van der Waals surface area contributed by atoms with Crippen molar-refractivity contribution in [3.63, 3.8) is 0 Å². The monoisotopic (exact) mass is 313 g/mol. The lowest BCUT2D eigenvalue weighted by molar-refractivity contribution is -0.118. The first-order chi connectivity index (χ1) is 11.0. The van der Waals surface area contributed by atoms with Gasteiger partial charge in [-0.3, -0.25) is 4.79 Å². The van der Waals surface area contributed by atoms with E-state index in [1.165, 1.54) is 17.7 Å². The Morgan fingerprint density at radius 3 is 2.43 bits per heavy atom. The zero-order valence-electron chi connectivity index (χ0n) is 13.1. The van der Waals surface area contributed by atoms with Crippen LogP contribution in [0.4, 0.5) is 5.69 Å². The maximum atomic E-state index is 11.9. The Hall–Kier alpha value is -2.82. The molecule has 0 atom stereocenters. The molecule has 0 aliphatic heterocycles. The van der Waals surface area contributed by atoms with Crippen molar-refractivity contribution >= 4 is 17.6 Å². The number of hydrogen-bond donors (Lipinski definition) is 2. The molecule has 5 heteroatoms. The van der Waals surface area contributed by atoms with Crippen LogP contribution in [-0.2, 0) is 4.79 Å². The molecule has 2 rings (SSSR count). The summed E-state index contributed by atoms with van der Waals surface area (Å²) in [6, 6.07) is 13.7. The fourth-order valence-corrected chi connectivity index (χ4v) is 2.02. The van der Waals surface area contributed by atoms with Gasteiger partial charge >= 0.3 is 5.97 Å². The SMILES string of the molecule is CC(C)c1ccc(OCC(=O)Nc2cccc(C(=O)O)c2)cc1. The number of nitrogens with one attached hydrogen (secondary N) is 1. The molecule has 0 bridgehead atoms. The number of carbonyl (C=O) groups excluding carboxylic acids is 1. The number of carboxylic acid groups (broad SMARTS) is 1. The van der Waals surface area contributed by atoms with Crippen molar-refractivity contribution in [2.75, 3.05) is 11.9 Å². The Morgan fingerprint density at radius 1 is 1.13 bits per heavy atom. The minimum Gasteiger partial charge on any atom is -0.484 e. The summed E-state index contributed by atoms with van der Waals surface area (Å²) in [5.41, 5.74) is 1.74. The van der Waals surface area contributed by atoms with E-state index >= 15 is 0 Å². The first kappa shape index (κ1) is 16.5. The molecular weight excluding hydrogens is 294 g/mol. The topological polar surface area (TPSA) is 75.6 Å². The van der Waals surface area contributed by atoms with Gasteiger partial charge in [0.15, 0.2) is 6.61 Å². The molecule has 0 fully saturated rings. The lowest BCUT2D eigenvalue weighted by Crippen LogP contribution is -2.20. The second-order valence-corrected chi connectivity index (χ2v) is 5.45. The minimum absolute atomic E-state index is 0.119. The van der Waals surface area contributed by atoms with E-state index in [-0.39, 0.29) is 18.1 Å². The first-order valence-corrected chi connectivity index (χ1v) is 7.31. The Bertz CT molecular complexity index is 692. The van der Waals surface area contributed by atoms with Gasteiger partial charge in [0.25, 0.3) is 5.91 Å². The minimum atomic E-state index is -1.04. The number of ether oxygens (including phenoxy) is 1. The number of aromatic carboxylic acids is 1. The summed E-state index contributed by atoms with van der Waals surface area (Å²) in [5.74, 6) is -0.333. The van der Waals surface area contributed by atoms with Gasteiger partial charge in [-0.15, -0.1) is 0 Å². The molecule has 1 amide bonds. The molecule has 0 saturated carbocycles. The number of benzene rings is 2. The van der Waals surface area contributed by atoms with Gasteiger partial charge in [0.1, 0.15) is 5.75 Å². The Morgan fingerprint density at radius 2 is 1.83 bits per heavy atom. The van der Waals surface area contributed by atoms with E-state index in [0.29, 0.717) is 17.4 Å².